The molecule has 1 aromatic heterocycles. The Bertz CT molecular complexity index is 1280. The van der Waals surface area contributed by atoms with E-state index < -0.39 is 23.4 Å². The first-order valence-corrected chi connectivity index (χ1v) is 13.0. The van der Waals surface area contributed by atoms with E-state index in [0.717, 1.165) is 16.9 Å². The number of aromatic nitrogens is 1. The van der Waals surface area contributed by atoms with Gasteiger partial charge in [0, 0.05) is 24.8 Å². The molecule has 3 aliphatic heterocycles. The first kappa shape index (κ1) is 25.1. The lowest BCUT2D eigenvalue weighted by atomic mass is 9.99. The topological polar surface area (TPSA) is 124 Å². The van der Waals surface area contributed by atoms with Crippen LogP contribution in [0.4, 0.5) is 16.2 Å². The number of aliphatic hydroxyl groups excluding tert-OH is 1. The Balaban J connectivity index is 1.39. The van der Waals surface area contributed by atoms with Crippen LogP contribution in [0, 0.1) is 6.92 Å². The van der Waals surface area contributed by atoms with Crippen LogP contribution < -0.4 is 20.3 Å². The van der Waals surface area contributed by atoms with Crippen LogP contribution in [0.3, 0.4) is 0 Å². The maximum absolute atomic E-state index is 13.4. The number of nitrogens with zero attached hydrogens (tertiary/aromatic N) is 3. The van der Waals surface area contributed by atoms with Gasteiger partial charge in [0.25, 0.3) is 0 Å². The van der Waals surface area contributed by atoms with E-state index in [1.54, 1.807) is 17.2 Å². The Kier molecular flexibility index (Phi) is 6.59. The molecule has 0 bridgehead atoms. The highest BCUT2D eigenvalue weighted by Gasteiger charge is 2.48. The van der Waals surface area contributed by atoms with Crippen molar-refractivity contribution < 1.29 is 24.2 Å². The molecule has 4 amide bonds. The number of ether oxygens (including phenoxy) is 1. The van der Waals surface area contributed by atoms with Gasteiger partial charge in [-0.2, -0.15) is 0 Å². The molecular formula is C26H29N5O5S. The Morgan fingerprint density at radius 2 is 2.08 bits per heavy atom. The molecule has 10 nitrogen and oxygen atoms in total. The number of urea groups is 1. The van der Waals surface area contributed by atoms with E-state index >= 15 is 0 Å². The molecular weight excluding hydrogens is 494 g/mol. The molecule has 37 heavy (non-hydrogen) atoms. The summed E-state index contributed by atoms with van der Waals surface area (Å²) in [7, 11) is 0. The smallest absolute Gasteiger partial charge is 0.327 e. The van der Waals surface area contributed by atoms with Crippen molar-refractivity contribution in [3.8, 4) is 5.75 Å². The number of rotatable bonds is 6. The van der Waals surface area contributed by atoms with Crippen LogP contribution in [-0.4, -0.2) is 69.4 Å². The second kappa shape index (κ2) is 9.71. The summed E-state index contributed by atoms with van der Waals surface area (Å²) in [6.07, 6.45) is 1.96. The van der Waals surface area contributed by atoms with Crippen LogP contribution in [0.15, 0.2) is 48.1 Å². The molecule has 3 N–H and O–H groups in total. The van der Waals surface area contributed by atoms with Crippen molar-refractivity contribution in [2.75, 3.05) is 18.0 Å². The average molecular weight is 524 g/mol. The fourth-order valence-electron chi connectivity index (χ4n) is 4.99. The SMILES string of the molecule is C=CC(=O)N1C[C@@H](O)[C@@H](NC(=O)C2Sc3nccc4c3C2NC(=O)N4c2ccc(OC(C)C)cc2C)C1. The summed E-state index contributed by atoms with van der Waals surface area (Å²) in [5, 5.41) is 16.3. The fourth-order valence-corrected chi connectivity index (χ4v) is 6.23. The third-order valence-electron chi connectivity index (χ3n) is 6.65. The summed E-state index contributed by atoms with van der Waals surface area (Å²) in [4.78, 5) is 46.2. The second-order valence-corrected chi connectivity index (χ2v) is 10.7. The van der Waals surface area contributed by atoms with Gasteiger partial charge in [-0.1, -0.05) is 18.3 Å². The normalized spacial score (nSPS) is 24.1. The lowest BCUT2D eigenvalue weighted by molar-refractivity contribution is -0.126. The number of hydrogen-bond donors (Lipinski definition) is 3. The largest absolute Gasteiger partial charge is 0.491 e. The molecule has 2 unspecified atom stereocenters. The van der Waals surface area contributed by atoms with Gasteiger partial charge < -0.3 is 25.4 Å². The Hall–Kier alpha value is -3.57. The number of anilines is 2. The Morgan fingerprint density at radius 1 is 1.30 bits per heavy atom. The van der Waals surface area contributed by atoms with E-state index in [1.165, 1.54) is 22.7 Å². The molecule has 2 aromatic rings. The molecule has 4 atom stereocenters. The van der Waals surface area contributed by atoms with Gasteiger partial charge in [-0.25, -0.2) is 9.78 Å². The summed E-state index contributed by atoms with van der Waals surface area (Å²) >= 11 is 1.28. The van der Waals surface area contributed by atoms with Gasteiger partial charge in [0.15, 0.2) is 0 Å². The van der Waals surface area contributed by atoms with Crippen molar-refractivity contribution in [3.63, 3.8) is 0 Å². The zero-order chi connectivity index (χ0) is 26.4. The summed E-state index contributed by atoms with van der Waals surface area (Å²) in [6.45, 7) is 9.61. The lowest BCUT2D eigenvalue weighted by Gasteiger charge is -2.35. The van der Waals surface area contributed by atoms with Crippen molar-refractivity contribution in [2.45, 2.75) is 55.3 Å². The molecule has 0 radical (unpaired) electrons. The number of pyridine rings is 1. The first-order valence-electron chi connectivity index (χ1n) is 12.1. The number of aliphatic hydroxyl groups is 1. The van der Waals surface area contributed by atoms with E-state index in [0.29, 0.717) is 16.4 Å². The van der Waals surface area contributed by atoms with Crippen LogP contribution in [0.25, 0.3) is 0 Å². The summed E-state index contributed by atoms with van der Waals surface area (Å²) in [5.74, 6) is 0.0864. The standard InChI is InChI=1S/C26H29N5O5S/c1-5-20(33)30-11-16(19(32)12-30)28-24(34)23-22-21-18(8-9-27-25(21)37-23)31(26(35)29-22)17-7-6-15(10-14(17)4)36-13(2)3/h5-10,13,16,19,22-23,32H,1,11-12H2,2-4H3,(H,28,34)(H,29,35)/t16-,19+,22?,23?/m0/s1. The van der Waals surface area contributed by atoms with Crippen molar-refractivity contribution in [1.29, 1.82) is 0 Å². The number of benzene rings is 1. The maximum atomic E-state index is 13.4. The second-order valence-electron chi connectivity index (χ2n) is 9.59. The molecule has 11 heteroatoms. The number of thioether (sulfide) groups is 1. The van der Waals surface area contributed by atoms with Crippen LogP contribution in [0.5, 0.6) is 5.75 Å². The zero-order valence-corrected chi connectivity index (χ0v) is 21.6. The molecule has 5 rings (SSSR count). The highest BCUT2D eigenvalue weighted by Crippen LogP contribution is 2.51. The van der Waals surface area contributed by atoms with Gasteiger partial charge in [0.2, 0.25) is 11.8 Å². The number of hydrogen-bond acceptors (Lipinski definition) is 7. The van der Waals surface area contributed by atoms with Gasteiger partial charge in [-0.3, -0.25) is 14.5 Å². The Morgan fingerprint density at radius 3 is 2.78 bits per heavy atom. The summed E-state index contributed by atoms with van der Waals surface area (Å²) in [6, 6.07) is 5.82. The quantitative estimate of drug-likeness (QED) is 0.497. The summed E-state index contributed by atoms with van der Waals surface area (Å²) < 4.78 is 5.79. The van der Waals surface area contributed by atoms with Crippen molar-refractivity contribution >= 4 is 41.0 Å². The van der Waals surface area contributed by atoms with Crippen LogP contribution in [-0.2, 0) is 9.59 Å². The predicted octanol–water partition coefficient (Wildman–Crippen LogP) is 2.43. The van der Waals surface area contributed by atoms with Crippen molar-refractivity contribution in [1.82, 2.24) is 20.5 Å². The maximum Gasteiger partial charge on any atom is 0.327 e. The average Bonchev–Trinajstić information content (AvgIpc) is 3.40. The van der Waals surface area contributed by atoms with Crippen molar-refractivity contribution in [2.24, 2.45) is 0 Å². The van der Waals surface area contributed by atoms with Gasteiger partial charge in [-0.15, -0.1) is 0 Å². The molecule has 0 aliphatic carbocycles. The summed E-state index contributed by atoms with van der Waals surface area (Å²) in [5.41, 5.74) is 3.03. The monoisotopic (exact) mass is 523 g/mol. The minimum Gasteiger partial charge on any atom is -0.491 e. The van der Waals surface area contributed by atoms with E-state index in [2.05, 4.69) is 22.2 Å². The van der Waals surface area contributed by atoms with E-state index in [9.17, 15) is 19.5 Å². The fraction of sp³-hybridized carbons (Fsp3) is 0.385. The van der Waals surface area contributed by atoms with Crippen molar-refractivity contribution in [3.05, 3.63) is 54.2 Å². The molecule has 1 fully saturated rings. The number of carbonyl (C=O) groups is 3. The van der Waals surface area contributed by atoms with E-state index in [4.69, 9.17) is 4.74 Å². The third kappa shape index (κ3) is 4.53. The molecule has 0 saturated carbocycles. The number of likely N-dealkylation sites (tertiary alicyclic amines) is 1. The van der Waals surface area contributed by atoms with Gasteiger partial charge in [0.1, 0.15) is 16.0 Å². The van der Waals surface area contributed by atoms with Crippen LogP contribution in [0.2, 0.25) is 0 Å². The molecule has 194 valence electrons. The third-order valence-corrected chi connectivity index (χ3v) is 7.94. The van der Waals surface area contributed by atoms with Crippen LogP contribution in [0.1, 0.15) is 31.0 Å². The number of carbonyl (C=O) groups excluding carboxylic acids is 3. The van der Waals surface area contributed by atoms with Gasteiger partial charge in [-0.05, 0) is 56.7 Å². The number of amides is 4. The van der Waals surface area contributed by atoms with E-state index in [-0.39, 0.29) is 37.0 Å². The van der Waals surface area contributed by atoms with E-state index in [1.807, 2.05) is 39.0 Å². The molecule has 0 spiro atoms. The predicted molar refractivity (Wildman–Crippen MR) is 139 cm³/mol. The highest BCUT2D eigenvalue weighted by atomic mass is 32.2. The first-order chi connectivity index (χ1) is 17.7. The molecule has 3 aliphatic rings. The number of β-amino-alcohol motifs (C(OH)–C–C–N with tert-alkyl or cyclic N) is 1. The molecule has 4 heterocycles. The van der Waals surface area contributed by atoms with Gasteiger partial charge in [0.05, 0.1) is 35.7 Å². The van der Waals surface area contributed by atoms with Crippen LogP contribution >= 0.6 is 11.8 Å². The number of aryl methyl sites for hydroxylation is 1. The lowest BCUT2D eigenvalue weighted by Crippen LogP contribution is -2.52. The molecule has 1 aromatic carbocycles. The Labute approximate surface area is 219 Å². The zero-order valence-electron chi connectivity index (χ0n) is 20.8. The van der Waals surface area contributed by atoms with Gasteiger partial charge >= 0.3 is 6.03 Å². The molecule has 1 saturated heterocycles. The number of nitrogens with one attached hydrogen (secondary N) is 2. The minimum absolute atomic E-state index is 0.0313. The highest BCUT2D eigenvalue weighted by molar-refractivity contribution is 8.01. The minimum atomic E-state index is -0.891.